The Morgan fingerprint density at radius 3 is 2.69 bits per heavy atom. The number of anilines is 1. The minimum Gasteiger partial charge on any atom is -0.480 e. The lowest BCUT2D eigenvalue weighted by atomic mass is 9.95. The average molecular weight is 518 g/mol. The van der Waals surface area contributed by atoms with E-state index in [0.29, 0.717) is 41.9 Å². The van der Waals surface area contributed by atoms with E-state index in [9.17, 15) is 13.2 Å². The highest BCUT2D eigenvalue weighted by molar-refractivity contribution is 7.14. The number of hydrogen-bond donors (Lipinski definition) is 1. The van der Waals surface area contributed by atoms with Gasteiger partial charge in [0.25, 0.3) is 0 Å². The molecule has 3 aromatic rings. The van der Waals surface area contributed by atoms with E-state index in [0.717, 1.165) is 47.3 Å². The van der Waals surface area contributed by atoms with Crippen LogP contribution < -0.4 is 15.4 Å². The lowest BCUT2D eigenvalue weighted by molar-refractivity contribution is -0.140. The highest BCUT2D eigenvalue weighted by Gasteiger charge is 2.35. The van der Waals surface area contributed by atoms with Gasteiger partial charge in [-0.25, -0.2) is 15.0 Å². The Balaban J connectivity index is 1.49. The Bertz CT molecular complexity index is 1350. The third kappa shape index (κ3) is 4.45. The highest BCUT2D eigenvalue weighted by atomic mass is 32.1. The molecule has 0 amide bonds. The third-order valence-electron chi connectivity index (χ3n) is 6.52. The van der Waals surface area contributed by atoms with Gasteiger partial charge in [0.05, 0.1) is 28.9 Å². The number of imidazole rings is 1. The topological polar surface area (TPSA) is 94.5 Å². The Kier molecular flexibility index (Phi) is 6.23. The summed E-state index contributed by atoms with van der Waals surface area (Å²) in [7, 11) is 4.88. The van der Waals surface area contributed by atoms with Gasteiger partial charge in [0, 0.05) is 68.1 Å². The van der Waals surface area contributed by atoms with Gasteiger partial charge >= 0.3 is 6.18 Å². The van der Waals surface area contributed by atoms with E-state index < -0.39 is 11.9 Å². The number of piperidine rings is 1. The Labute approximate surface area is 210 Å². The van der Waals surface area contributed by atoms with Crippen molar-refractivity contribution in [3.05, 3.63) is 46.5 Å². The van der Waals surface area contributed by atoms with Crippen LogP contribution in [0.3, 0.4) is 0 Å². The van der Waals surface area contributed by atoms with Crippen LogP contribution >= 0.6 is 11.3 Å². The second-order valence-corrected chi connectivity index (χ2v) is 9.79. The number of rotatable bonds is 5. The van der Waals surface area contributed by atoms with Crippen LogP contribution in [0.4, 0.5) is 18.9 Å². The predicted molar refractivity (Wildman–Crippen MR) is 133 cm³/mol. The van der Waals surface area contributed by atoms with Crippen molar-refractivity contribution in [2.45, 2.75) is 31.4 Å². The van der Waals surface area contributed by atoms with E-state index in [1.54, 1.807) is 21.2 Å². The predicted octanol–water partition coefficient (Wildman–Crippen LogP) is 4.49. The summed E-state index contributed by atoms with van der Waals surface area (Å²) in [5.74, 6) is 1.07. The Hall–Kier alpha value is -3.41. The molecule has 0 atom stereocenters. The molecule has 2 N–H and O–H groups in total. The van der Waals surface area contributed by atoms with Crippen molar-refractivity contribution in [1.29, 1.82) is 0 Å². The van der Waals surface area contributed by atoms with Gasteiger partial charge in [0.1, 0.15) is 6.33 Å². The van der Waals surface area contributed by atoms with Crippen LogP contribution in [0, 0.1) is 0 Å². The standard InChI is InChI=1S/C24H26F3N7OS/c1-29-16-6-7-34(14-8-17(36-11-14)22-32-18(10-33(22)2)24(25,26)27)9-15(16)20(28)19-21(13-4-5-13)30-12-31-23(19)35-3/h8,10-13H,4-7,9,28H2,1-3H3/b20-15-,29-16?. The van der Waals surface area contributed by atoms with Gasteiger partial charge in [0.2, 0.25) is 5.88 Å². The van der Waals surface area contributed by atoms with Crippen molar-refractivity contribution < 1.29 is 17.9 Å². The number of hydrogen-bond acceptors (Lipinski definition) is 8. The molecule has 3 aromatic heterocycles. The number of thiophene rings is 1. The molecule has 1 saturated carbocycles. The first kappa shape index (κ1) is 24.3. The van der Waals surface area contributed by atoms with Gasteiger partial charge in [-0.3, -0.25) is 4.99 Å². The summed E-state index contributed by atoms with van der Waals surface area (Å²) >= 11 is 1.36. The van der Waals surface area contributed by atoms with Crippen LogP contribution in [0.15, 0.2) is 34.5 Å². The molecular formula is C24H26F3N7OS. The molecule has 1 aliphatic heterocycles. The van der Waals surface area contributed by atoms with Crippen molar-refractivity contribution in [3.63, 3.8) is 0 Å². The average Bonchev–Trinajstić information content (AvgIpc) is 3.46. The number of halogens is 3. The van der Waals surface area contributed by atoms with E-state index in [1.165, 1.54) is 22.2 Å². The van der Waals surface area contributed by atoms with Crippen LogP contribution in [-0.4, -0.2) is 52.5 Å². The van der Waals surface area contributed by atoms with Crippen molar-refractivity contribution >= 4 is 28.4 Å². The number of nitrogens with zero attached hydrogens (tertiary/aromatic N) is 6. The molecule has 36 heavy (non-hydrogen) atoms. The summed E-state index contributed by atoms with van der Waals surface area (Å²) in [6, 6.07) is 1.87. The van der Waals surface area contributed by atoms with Crippen molar-refractivity contribution in [2.24, 2.45) is 17.8 Å². The summed E-state index contributed by atoms with van der Waals surface area (Å²) in [5.41, 5.74) is 10.7. The number of nitrogens with two attached hydrogens (primary N) is 1. The second kappa shape index (κ2) is 9.23. The Morgan fingerprint density at radius 2 is 2.06 bits per heavy atom. The number of alkyl halides is 3. The molecule has 2 aliphatic rings. The maximum atomic E-state index is 13.1. The minimum atomic E-state index is -4.49. The molecule has 0 bridgehead atoms. The van der Waals surface area contributed by atoms with Crippen LogP contribution in [0.5, 0.6) is 5.88 Å². The van der Waals surface area contributed by atoms with E-state index in [-0.39, 0.29) is 5.82 Å². The molecule has 0 radical (unpaired) electrons. The molecular weight excluding hydrogens is 491 g/mol. The van der Waals surface area contributed by atoms with Gasteiger partial charge in [-0.15, -0.1) is 11.3 Å². The third-order valence-corrected chi connectivity index (χ3v) is 7.43. The fourth-order valence-corrected chi connectivity index (χ4v) is 5.46. The van der Waals surface area contributed by atoms with E-state index >= 15 is 0 Å². The van der Waals surface area contributed by atoms with Gasteiger partial charge in [-0.05, 0) is 18.9 Å². The maximum Gasteiger partial charge on any atom is 0.434 e. The highest BCUT2D eigenvalue weighted by Crippen LogP contribution is 2.44. The SMILES string of the molecule is CN=C1CCN(c2csc(-c3nc(C(F)(F)F)cn3C)c2)C/C1=C(/N)c1c(OC)ncnc1C1CC1. The molecule has 0 spiro atoms. The fraction of sp³-hybridized carbons (Fsp3) is 0.417. The number of ether oxygens (including phenoxy) is 1. The molecule has 1 saturated heterocycles. The van der Waals surface area contributed by atoms with Crippen molar-refractivity contribution in [3.8, 4) is 16.6 Å². The van der Waals surface area contributed by atoms with Crippen LogP contribution in [0.25, 0.3) is 16.4 Å². The summed E-state index contributed by atoms with van der Waals surface area (Å²) in [6.07, 6.45) is 0.804. The zero-order valence-corrected chi connectivity index (χ0v) is 20.9. The molecule has 190 valence electrons. The van der Waals surface area contributed by atoms with Gasteiger partial charge in [0.15, 0.2) is 11.5 Å². The fourth-order valence-electron chi connectivity index (χ4n) is 4.51. The lowest BCUT2D eigenvalue weighted by Crippen LogP contribution is -2.37. The minimum absolute atomic E-state index is 0.280. The second-order valence-electron chi connectivity index (χ2n) is 8.88. The molecule has 12 heteroatoms. The molecule has 5 rings (SSSR count). The van der Waals surface area contributed by atoms with Gasteiger partial charge < -0.3 is 19.9 Å². The van der Waals surface area contributed by atoms with E-state index in [2.05, 4.69) is 24.8 Å². The zero-order valence-electron chi connectivity index (χ0n) is 20.1. The lowest BCUT2D eigenvalue weighted by Gasteiger charge is -2.32. The van der Waals surface area contributed by atoms with E-state index in [4.69, 9.17) is 10.5 Å². The van der Waals surface area contributed by atoms with Crippen molar-refractivity contribution in [1.82, 2.24) is 19.5 Å². The summed E-state index contributed by atoms with van der Waals surface area (Å²) in [5, 5.41) is 1.93. The molecule has 8 nitrogen and oxygen atoms in total. The normalized spacial score (nSPS) is 19.2. The monoisotopic (exact) mass is 517 g/mol. The summed E-state index contributed by atoms with van der Waals surface area (Å²) < 4.78 is 46.3. The van der Waals surface area contributed by atoms with Crippen molar-refractivity contribution in [2.75, 3.05) is 32.1 Å². The van der Waals surface area contributed by atoms with E-state index in [1.807, 2.05) is 11.4 Å². The number of aryl methyl sites for hydroxylation is 1. The molecule has 0 aromatic carbocycles. The first-order chi connectivity index (χ1) is 17.2. The number of methoxy groups -OCH3 is 1. The largest absolute Gasteiger partial charge is 0.480 e. The molecule has 2 fully saturated rings. The molecule has 1 aliphatic carbocycles. The van der Waals surface area contributed by atoms with Gasteiger partial charge in [-0.1, -0.05) is 0 Å². The number of aromatic nitrogens is 4. The van der Waals surface area contributed by atoms with Crippen LogP contribution in [0.2, 0.25) is 0 Å². The first-order valence-electron chi connectivity index (χ1n) is 11.5. The quantitative estimate of drug-likeness (QED) is 0.536. The van der Waals surface area contributed by atoms with Gasteiger partial charge in [-0.2, -0.15) is 13.2 Å². The maximum absolute atomic E-state index is 13.1. The number of aliphatic imine (C=N–C) groups is 1. The van der Waals surface area contributed by atoms with Crippen LogP contribution in [0.1, 0.15) is 42.1 Å². The first-order valence-corrected chi connectivity index (χ1v) is 12.4. The summed E-state index contributed by atoms with van der Waals surface area (Å²) in [4.78, 5) is 19.9. The smallest absolute Gasteiger partial charge is 0.434 e. The molecule has 4 heterocycles. The molecule has 0 unspecified atom stereocenters. The Morgan fingerprint density at radius 1 is 1.28 bits per heavy atom. The summed E-state index contributed by atoms with van der Waals surface area (Å²) in [6.45, 7) is 1.19. The van der Waals surface area contributed by atoms with Crippen LogP contribution in [-0.2, 0) is 13.2 Å². The zero-order chi connectivity index (χ0) is 25.6.